The smallest absolute Gasteiger partial charge is 0.383 e. The van der Waals surface area contributed by atoms with E-state index in [9.17, 15) is 27.9 Å². The predicted molar refractivity (Wildman–Crippen MR) is 74.4 cm³/mol. The Labute approximate surface area is 129 Å². The van der Waals surface area contributed by atoms with E-state index in [1.54, 1.807) is 0 Å². The number of guanidine groups is 1. The maximum atomic E-state index is 12.6. The van der Waals surface area contributed by atoms with Crippen LogP contribution >= 0.6 is 0 Å². The number of carbonyl (C=O) groups is 2. The predicted octanol–water partition coefficient (Wildman–Crippen LogP) is 0.553. The van der Waals surface area contributed by atoms with Gasteiger partial charge in [-0.3, -0.25) is 19.8 Å². The highest BCUT2D eigenvalue weighted by Crippen LogP contribution is 2.29. The van der Waals surface area contributed by atoms with Crippen molar-refractivity contribution >= 4 is 17.8 Å². The van der Waals surface area contributed by atoms with E-state index in [1.165, 1.54) is 19.2 Å². The number of hydrogen-bond acceptors (Lipinski definition) is 4. The third-order valence-corrected chi connectivity index (χ3v) is 3.28. The van der Waals surface area contributed by atoms with Crippen molar-refractivity contribution in [2.45, 2.75) is 18.7 Å². The molecule has 23 heavy (non-hydrogen) atoms. The summed E-state index contributed by atoms with van der Waals surface area (Å²) in [5.41, 5.74) is -0.687. The van der Waals surface area contributed by atoms with Gasteiger partial charge in [-0.15, -0.1) is 0 Å². The molecule has 1 aliphatic heterocycles. The van der Waals surface area contributed by atoms with Crippen molar-refractivity contribution in [1.29, 1.82) is 0 Å². The van der Waals surface area contributed by atoms with Gasteiger partial charge in [-0.05, 0) is 11.6 Å². The maximum absolute atomic E-state index is 12.6. The lowest BCUT2D eigenvalue weighted by molar-refractivity contribution is -0.137. The third-order valence-electron chi connectivity index (χ3n) is 3.28. The monoisotopic (exact) mass is 329 g/mol. The number of rotatable bonds is 3. The van der Waals surface area contributed by atoms with Crippen LogP contribution in [0, 0.1) is 0 Å². The molecule has 2 amide bonds. The number of aliphatic imine (C=N–C) groups is 1. The van der Waals surface area contributed by atoms with E-state index in [4.69, 9.17) is 0 Å². The summed E-state index contributed by atoms with van der Waals surface area (Å²) < 4.78 is 37.9. The second-order valence-corrected chi connectivity index (χ2v) is 5.00. The summed E-state index contributed by atoms with van der Waals surface area (Å²) in [6.45, 7) is -0.101. The topological polar surface area (TPSA) is 82.0 Å². The van der Waals surface area contributed by atoms with Crippen LogP contribution in [-0.4, -0.2) is 47.5 Å². The summed E-state index contributed by atoms with van der Waals surface area (Å²) in [4.78, 5) is 28.0. The minimum absolute atomic E-state index is 0.00286. The molecule has 1 heterocycles. The summed E-state index contributed by atoms with van der Waals surface area (Å²) >= 11 is 0. The molecule has 0 aliphatic carbocycles. The number of likely N-dealkylation sites (N-methyl/N-ethyl adjacent to an activating group) is 1. The van der Waals surface area contributed by atoms with Crippen LogP contribution in [0.2, 0.25) is 0 Å². The molecule has 1 aliphatic rings. The molecule has 2 N–H and O–H groups in total. The molecule has 2 rings (SSSR count). The molecule has 6 nitrogen and oxygen atoms in total. The zero-order valence-electron chi connectivity index (χ0n) is 12.1. The summed E-state index contributed by atoms with van der Waals surface area (Å²) in [7, 11) is 1.41. The summed E-state index contributed by atoms with van der Waals surface area (Å²) in [6, 6.07) is 4.37. The van der Waals surface area contributed by atoms with E-state index in [-0.39, 0.29) is 30.4 Å². The average molecular weight is 329 g/mol. The van der Waals surface area contributed by atoms with Gasteiger partial charge in [0.25, 0.3) is 11.8 Å². The lowest BCUT2D eigenvalue weighted by Gasteiger charge is -2.16. The number of carbonyl (C=O) groups excluding carboxylic acids is 2. The van der Waals surface area contributed by atoms with E-state index in [1.807, 2.05) is 0 Å². The van der Waals surface area contributed by atoms with E-state index < -0.39 is 23.8 Å². The number of amides is 2. The first-order valence-corrected chi connectivity index (χ1v) is 6.64. The molecule has 9 heteroatoms. The van der Waals surface area contributed by atoms with Crippen LogP contribution in [0.15, 0.2) is 29.3 Å². The standard InChI is InChI=1S/C14H14F3N3O3/c1-20-11(22)7-18-13(20)19-12(23)10(21)6-8-3-2-4-9(5-8)14(15,16)17/h2-5,10,21H,6-7H2,1H3,(H,18,19,23). The minimum atomic E-state index is -4.50. The van der Waals surface area contributed by atoms with Crippen LogP contribution in [0.1, 0.15) is 11.1 Å². The van der Waals surface area contributed by atoms with Gasteiger partial charge in [0.1, 0.15) is 12.6 Å². The average Bonchev–Trinajstić information content (AvgIpc) is 2.78. The van der Waals surface area contributed by atoms with Crippen LogP contribution in [0.4, 0.5) is 13.2 Å². The lowest BCUT2D eigenvalue weighted by atomic mass is 10.0. The lowest BCUT2D eigenvalue weighted by Crippen LogP contribution is -2.46. The van der Waals surface area contributed by atoms with Gasteiger partial charge in [0.05, 0.1) is 5.56 Å². The molecule has 0 saturated heterocycles. The number of alkyl halides is 3. The molecular weight excluding hydrogens is 315 g/mol. The number of halogens is 3. The molecule has 0 spiro atoms. The molecule has 0 saturated carbocycles. The van der Waals surface area contributed by atoms with Gasteiger partial charge in [-0.1, -0.05) is 18.2 Å². The zero-order valence-corrected chi connectivity index (χ0v) is 12.1. The number of hydrogen-bond donors (Lipinski definition) is 2. The van der Waals surface area contributed by atoms with E-state index in [0.29, 0.717) is 0 Å². The largest absolute Gasteiger partial charge is 0.416 e. The Morgan fingerprint density at radius 1 is 1.48 bits per heavy atom. The van der Waals surface area contributed by atoms with E-state index in [0.717, 1.165) is 17.0 Å². The van der Waals surface area contributed by atoms with Gasteiger partial charge in [0.15, 0.2) is 0 Å². The SMILES string of the molecule is CN1C(=O)CN=C1NC(=O)C(O)Cc1cccc(C(F)(F)F)c1. The molecule has 1 unspecified atom stereocenters. The maximum Gasteiger partial charge on any atom is 0.416 e. The molecule has 124 valence electrons. The summed E-state index contributed by atoms with van der Waals surface area (Å²) in [6.07, 6.45) is -6.35. The van der Waals surface area contributed by atoms with Crippen molar-refractivity contribution in [3.63, 3.8) is 0 Å². The highest BCUT2D eigenvalue weighted by atomic mass is 19.4. The molecule has 1 aromatic carbocycles. The third kappa shape index (κ3) is 4.07. The van der Waals surface area contributed by atoms with Gasteiger partial charge in [-0.2, -0.15) is 13.2 Å². The van der Waals surface area contributed by atoms with E-state index in [2.05, 4.69) is 10.3 Å². The van der Waals surface area contributed by atoms with Crippen molar-refractivity contribution in [1.82, 2.24) is 10.2 Å². The highest BCUT2D eigenvalue weighted by Gasteiger charge is 2.31. The molecular formula is C14H14F3N3O3. The molecule has 0 aromatic heterocycles. The van der Waals surface area contributed by atoms with Crippen molar-refractivity contribution < 1.29 is 27.9 Å². The van der Waals surface area contributed by atoms with Crippen molar-refractivity contribution in [3.05, 3.63) is 35.4 Å². The fourth-order valence-electron chi connectivity index (χ4n) is 1.98. The van der Waals surface area contributed by atoms with Crippen LogP contribution in [0.5, 0.6) is 0 Å². The fourth-order valence-corrected chi connectivity index (χ4v) is 1.98. The normalized spacial score (nSPS) is 16.3. The van der Waals surface area contributed by atoms with Gasteiger partial charge < -0.3 is 5.11 Å². The van der Waals surface area contributed by atoms with Crippen molar-refractivity contribution in [2.75, 3.05) is 13.6 Å². The number of nitrogens with zero attached hydrogens (tertiary/aromatic N) is 2. The first kappa shape index (κ1) is 16.9. The Bertz CT molecular complexity index is 658. The Hall–Kier alpha value is -2.42. The summed E-state index contributed by atoms with van der Waals surface area (Å²) in [5.74, 6) is -1.15. The van der Waals surface area contributed by atoms with Crippen LogP contribution < -0.4 is 5.32 Å². The Morgan fingerprint density at radius 3 is 2.74 bits per heavy atom. The van der Waals surface area contributed by atoms with Gasteiger partial charge in [0, 0.05) is 13.5 Å². The number of aliphatic hydroxyl groups is 1. The van der Waals surface area contributed by atoms with Crippen LogP contribution in [-0.2, 0) is 22.2 Å². The minimum Gasteiger partial charge on any atom is -0.383 e. The molecule has 0 fully saturated rings. The van der Waals surface area contributed by atoms with Crippen molar-refractivity contribution in [3.8, 4) is 0 Å². The first-order valence-electron chi connectivity index (χ1n) is 6.64. The number of aliphatic hydroxyl groups excluding tert-OH is 1. The quantitative estimate of drug-likeness (QED) is 0.850. The van der Waals surface area contributed by atoms with Crippen LogP contribution in [0.3, 0.4) is 0 Å². The molecule has 0 radical (unpaired) electrons. The fraction of sp³-hybridized carbons (Fsp3) is 0.357. The Morgan fingerprint density at radius 2 is 2.17 bits per heavy atom. The molecule has 1 atom stereocenters. The van der Waals surface area contributed by atoms with Crippen LogP contribution in [0.25, 0.3) is 0 Å². The Balaban J connectivity index is 2.00. The van der Waals surface area contributed by atoms with Crippen molar-refractivity contribution in [2.24, 2.45) is 4.99 Å². The van der Waals surface area contributed by atoms with Gasteiger partial charge in [-0.25, -0.2) is 4.99 Å². The highest BCUT2D eigenvalue weighted by molar-refractivity contribution is 6.09. The van der Waals surface area contributed by atoms with Gasteiger partial charge in [0.2, 0.25) is 5.96 Å². The van der Waals surface area contributed by atoms with Gasteiger partial charge >= 0.3 is 6.18 Å². The zero-order chi connectivity index (χ0) is 17.2. The molecule has 0 bridgehead atoms. The molecule has 1 aromatic rings. The Kier molecular flexibility index (Phi) is 4.69. The van der Waals surface area contributed by atoms with E-state index >= 15 is 0 Å². The number of nitrogens with one attached hydrogen (secondary N) is 1. The number of benzene rings is 1. The second kappa shape index (κ2) is 6.37. The summed E-state index contributed by atoms with van der Waals surface area (Å²) in [5, 5.41) is 12.1. The second-order valence-electron chi connectivity index (χ2n) is 5.00. The first-order chi connectivity index (χ1) is 10.7.